The molecule has 4 aromatic rings. The molecular formula is C34H38FN3O. The summed E-state index contributed by atoms with van der Waals surface area (Å²) in [4.78, 5) is 16.7. The van der Waals surface area contributed by atoms with E-state index in [0.717, 1.165) is 66.4 Å². The van der Waals surface area contributed by atoms with Crippen molar-refractivity contribution in [2.75, 3.05) is 25.0 Å². The van der Waals surface area contributed by atoms with E-state index in [9.17, 15) is 9.18 Å². The molecule has 1 aliphatic heterocycles. The van der Waals surface area contributed by atoms with Crippen LogP contribution < -0.4 is 5.32 Å². The van der Waals surface area contributed by atoms with Crippen LogP contribution in [0.15, 0.2) is 84.9 Å². The predicted molar refractivity (Wildman–Crippen MR) is 159 cm³/mol. The summed E-state index contributed by atoms with van der Waals surface area (Å²) in [5.41, 5.74) is 6.23. The average Bonchev–Trinajstić information content (AvgIpc) is 3.30. The lowest BCUT2D eigenvalue weighted by Gasteiger charge is -2.27. The maximum atomic E-state index is 14.1. The van der Waals surface area contributed by atoms with Gasteiger partial charge in [0.25, 0.3) is 5.91 Å². The molecule has 1 aliphatic rings. The van der Waals surface area contributed by atoms with E-state index in [-0.39, 0.29) is 17.6 Å². The first-order valence-electron chi connectivity index (χ1n) is 14.2. The lowest BCUT2D eigenvalue weighted by atomic mass is 9.94. The third-order valence-corrected chi connectivity index (χ3v) is 7.59. The normalized spacial score (nSPS) is 14.1. The molecule has 0 aliphatic carbocycles. The lowest BCUT2D eigenvalue weighted by molar-refractivity contribution is 0.102. The van der Waals surface area contributed by atoms with Gasteiger partial charge in [-0.05, 0) is 92.3 Å². The van der Waals surface area contributed by atoms with Crippen LogP contribution in [0, 0.1) is 5.82 Å². The zero-order chi connectivity index (χ0) is 27.2. The molecule has 0 bridgehead atoms. The van der Waals surface area contributed by atoms with Gasteiger partial charge in [-0.2, -0.15) is 0 Å². The molecule has 1 aromatic heterocycles. The van der Waals surface area contributed by atoms with Crippen molar-refractivity contribution in [3.63, 3.8) is 0 Å². The molecule has 5 heteroatoms. The van der Waals surface area contributed by atoms with Crippen LogP contribution in [0.25, 0.3) is 22.4 Å². The van der Waals surface area contributed by atoms with Gasteiger partial charge in [0.15, 0.2) is 0 Å². The van der Waals surface area contributed by atoms with Gasteiger partial charge in [0.1, 0.15) is 5.82 Å². The van der Waals surface area contributed by atoms with Gasteiger partial charge >= 0.3 is 0 Å². The number of carbonyl (C=O) groups excluding carboxylic acids is 1. The van der Waals surface area contributed by atoms with E-state index in [2.05, 4.69) is 40.8 Å². The van der Waals surface area contributed by atoms with Crippen LogP contribution >= 0.6 is 0 Å². The number of benzene rings is 3. The van der Waals surface area contributed by atoms with Gasteiger partial charge in [-0.25, -0.2) is 4.39 Å². The van der Waals surface area contributed by atoms with Crippen molar-refractivity contribution in [1.82, 2.24) is 9.47 Å². The Morgan fingerprint density at radius 1 is 0.821 bits per heavy atom. The minimum absolute atomic E-state index is 0.105. The van der Waals surface area contributed by atoms with E-state index >= 15 is 0 Å². The van der Waals surface area contributed by atoms with E-state index in [0.29, 0.717) is 5.56 Å². The average molecular weight is 524 g/mol. The summed E-state index contributed by atoms with van der Waals surface area (Å²) in [6.45, 7) is 8.44. The van der Waals surface area contributed by atoms with Crippen molar-refractivity contribution in [3.8, 4) is 22.4 Å². The van der Waals surface area contributed by atoms with Crippen LogP contribution in [0.5, 0.6) is 0 Å². The van der Waals surface area contributed by atoms with Crippen LogP contribution in [-0.2, 0) is 6.54 Å². The second-order valence-corrected chi connectivity index (χ2v) is 10.7. The van der Waals surface area contributed by atoms with Crippen LogP contribution in [0.4, 0.5) is 10.1 Å². The Labute approximate surface area is 231 Å². The van der Waals surface area contributed by atoms with Gasteiger partial charge in [-0.3, -0.25) is 4.79 Å². The number of para-hydroxylation sites is 1. The van der Waals surface area contributed by atoms with Gasteiger partial charge in [0, 0.05) is 23.5 Å². The van der Waals surface area contributed by atoms with Crippen LogP contribution in [0.3, 0.4) is 0 Å². The molecule has 0 unspecified atom stereocenters. The zero-order valence-electron chi connectivity index (χ0n) is 23.0. The maximum Gasteiger partial charge on any atom is 0.258 e. The van der Waals surface area contributed by atoms with Crippen molar-refractivity contribution in [1.29, 1.82) is 0 Å². The molecule has 1 amide bonds. The topological polar surface area (TPSA) is 37.3 Å². The quantitative estimate of drug-likeness (QED) is 0.240. The van der Waals surface area contributed by atoms with Crippen molar-refractivity contribution in [3.05, 3.63) is 102 Å². The molecule has 39 heavy (non-hydrogen) atoms. The highest BCUT2D eigenvalue weighted by Crippen LogP contribution is 2.42. The number of amides is 1. The largest absolute Gasteiger partial charge is 0.343 e. The molecule has 3 aromatic carbocycles. The van der Waals surface area contributed by atoms with Gasteiger partial charge in [-0.1, -0.05) is 68.8 Å². The Kier molecular flexibility index (Phi) is 8.58. The van der Waals surface area contributed by atoms with E-state index < -0.39 is 0 Å². The number of hydrogen-bond donors (Lipinski definition) is 1. The standard InChI is InChI=1S/C34H38FN3O/c1-25(2)32-31(34(39)36-29-15-8-4-9-16-29)30(26-13-6-3-7-14-26)33(27-17-19-28(35)20-18-27)38(32)24-12-23-37-21-10-5-11-22-37/h3-4,6-9,13-20,25H,5,10-12,21-24H2,1-2H3,(H,36,39). The Morgan fingerprint density at radius 3 is 2.10 bits per heavy atom. The number of piperidine rings is 1. The van der Waals surface area contributed by atoms with Crippen molar-refractivity contribution in [2.45, 2.75) is 52.0 Å². The summed E-state index contributed by atoms with van der Waals surface area (Å²) in [7, 11) is 0. The smallest absolute Gasteiger partial charge is 0.258 e. The predicted octanol–water partition coefficient (Wildman–Crippen LogP) is 8.21. The molecule has 2 heterocycles. The molecule has 0 radical (unpaired) electrons. The molecule has 0 saturated carbocycles. The van der Waals surface area contributed by atoms with E-state index in [1.807, 2.05) is 60.7 Å². The summed E-state index contributed by atoms with van der Waals surface area (Å²) in [5, 5.41) is 3.15. The van der Waals surface area contributed by atoms with Gasteiger partial charge in [0.05, 0.1) is 11.3 Å². The summed E-state index contributed by atoms with van der Waals surface area (Å²) in [6, 6.07) is 26.4. The number of nitrogens with one attached hydrogen (secondary N) is 1. The summed E-state index contributed by atoms with van der Waals surface area (Å²) < 4.78 is 16.4. The molecule has 1 N–H and O–H groups in total. The molecule has 0 spiro atoms. The fourth-order valence-corrected chi connectivity index (χ4v) is 5.84. The SMILES string of the molecule is CC(C)c1c(C(=O)Nc2ccccc2)c(-c2ccccc2)c(-c2ccc(F)cc2)n1CCCN1CCCCC1. The van der Waals surface area contributed by atoms with Gasteiger partial charge in [-0.15, -0.1) is 0 Å². The first-order valence-corrected chi connectivity index (χ1v) is 14.2. The Morgan fingerprint density at radius 2 is 1.46 bits per heavy atom. The Hall–Kier alpha value is -3.70. The number of halogens is 1. The van der Waals surface area contributed by atoms with Crippen LogP contribution in [0.2, 0.25) is 0 Å². The number of hydrogen-bond acceptors (Lipinski definition) is 2. The lowest BCUT2D eigenvalue weighted by Crippen LogP contribution is -2.31. The number of nitrogens with zero attached hydrogens (tertiary/aromatic N) is 2. The molecule has 1 fully saturated rings. The van der Waals surface area contributed by atoms with Crippen molar-refractivity contribution < 1.29 is 9.18 Å². The summed E-state index contributed by atoms with van der Waals surface area (Å²) in [5.74, 6) is -0.288. The first kappa shape index (κ1) is 26.9. The van der Waals surface area contributed by atoms with E-state index in [1.165, 1.54) is 31.4 Å². The molecule has 5 rings (SSSR count). The monoisotopic (exact) mass is 523 g/mol. The highest BCUT2D eigenvalue weighted by molar-refractivity contribution is 6.12. The summed E-state index contributed by atoms with van der Waals surface area (Å²) >= 11 is 0. The highest BCUT2D eigenvalue weighted by atomic mass is 19.1. The minimum atomic E-state index is -0.269. The first-order chi connectivity index (χ1) is 19.0. The summed E-state index contributed by atoms with van der Waals surface area (Å²) in [6.07, 6.45) is 4.84. The molecule has 4 nitrogen and oxygen atoms in total. The maximum absolute atomic E-state index is 14.1. The third-order valence-electron chi connectivity index (χ3n) is 7.59. The fraction of sp³-hybridized carbons (Fsp3) is 0.324. The van der Waals surface area contributed by atoms with Crippen molar-refractivity contribution >= 4 is 11.6 Å². The zero-order valence-corrected chi connectivity index (χ0v) is 23.0. The second kappa shape index (κ2) is 12.4. The highest BCUT2D eigenvalue weighted by Gasteiger charge is 2.30. The molecular weight excluding hydrogens is 485 g/mol. The second-order valence-electron chi connectivity index (χ2n) is 10.7. The Bertz CT molecular complexity index is 1370. The number of likely N-dealkylation sites (tertiary alicyclic amines) is 1. The molecule has 0 atom stereocenters. The van der Waals surface area contributed by atoms with Crippen molar-refractivity contribution in [2.24, 2.45) is 0 Å². The van der Waals surface area contributed by atoms with Crippen LogP contribution in [0.1, 0.15) is 61.5 Å². The number of aromatic nitrogens is 1. The van der Waals surface area contributed by atoms with E-state index in [1.54, 1.807) is 0 Å². The van der Waals surface area contributed by atoms with Gasteiger partial charge in [0.2, 0.25) is 0 Å². The number of rotatable bonds is 9. The number of anilines is 1. The molecule has 202 valence electrons. The third kappa shape index (κ3) is 6.15. The van der Waals surface area contributed by atoms with Gasteiger partial charge < -0.3 is 14.8 Å². The number of carbonyl (C=O) groups is 1. The fourth-order valence-electron chi connectivity index (χ4n) is 5.84. The van der Waals surface area contributed by atoms with Crippen LogP contribution in [-0.4, -0.2) is 35.0 Å². The Balaban J connectivity index is 1.67. The van der Waals surface area contributed by atoms with E-state index in [4.69, 9.17) is 0 Å². The molecule has 1 saturated heterocycles. The minimum Gasteiger partial charge on any atom is -0.343 e.